The first-order chi connectivity index (χ1) is 7.36. The van der Waals surface area contributed by atoms with E-state index in [0.29, 0.717) is 12.0 Å². The fourth-order valence-corrected chi connectivity index (χ4v) is 1.46. The summed E-state index contributed by atoms with van der Waals surface area (Å²) >= 11 is 0. The second kappa shape index (κ2) is 4.91. The highest BCUT2D eigenvalue weighted by atomic mass is 19.1. The zero-order valence-electron chi connectivity index (χ0n) is 10.1. The monoisotopic (exact) mass is 227 g/mol. The molecule has 0 heterocycles. The second-order valence-corrected chi connectivity index (χ2v) is 4.89. The van der Waals surface area contributed by atoms with Crippen molar-refractivity contribution in [1.82, 2.24) is 0 Å². The molecule has 1 atom stereocenters. The summed E-state index contributed by atoms with van der Waals surface area (Å²) < 4.78 is 26.1. The first-order valence-electron chi connectivity index (χ1n) is 5.56. The van der Waals surface area contributed by atoms with E-state index in [2.05, 4.69) is 20.8 Å². The summed E-state index contributed by atoms with van der Waals surface area (Å²) in [4.78, 5) is 0. The van der Waals surface area contributed by atoms with Crippen molar-refractivity contribution in [3.8, 4) is 0 Å². The maximum absolute atomic E-state index is 13.4. The highest BCUT2D eigenvalue weighted by molar-refractivity contribution is 5.20. The van der Waals surface area contributed by atoms with Gasteiger partial charge in [0.2, 0.25) is 0 Å². The average molecular weight is 227 g/mol. The number of hydrogen-bond donors (Lipinski definition) is 1. The van der Waals surface area contributed by atoms with Gasteiger partial charge in [-0.1, -0.05) is 26.8 Å². The van der Waals surface area contributed by atoms with Crippen molar-refractivity contribution in [1.29, 1.82) is 0 Å². The van der Waals surface area contributed by atoms with Crippen LogP contribution in [0.4, 0.5) is 8.78 Å². The molecule has 1 nitrogen and oxygen atoms in total. The van der Waals surface area contributed by atoms with Gasteiger partial charge >= 0.3 is 0 Å². The SMILES string of the molecule is CCC(C)(C)C(N)Cc1ccc(F)cc1F. The Hall–Kier alpha value is -0.960. The van der Waals surface area contributed by atoms with E-state index in [0.717, 1.165) is 12.5 Å². The largest absolute Gasteiger partial charge is 0.327 e. The molecule has 0 saturated heterocycles. The van der Waals surface area contributed by atoms with Crippen LogP contribution in [0.2, 0.25) is 0 Å². The fraction of sp³-hybridized carbons (Fsp3) is 0.538. The van der Waals surface area contributed by atoms with Crippen LogP contribution in [0.1, 0.15) is 32.8 Å². The molecule has 2 N–H and O–H groups in total. The number of benzene rings is 1. The third kappa shape index (κ3) is 3.01. The molecule has 90 valence electrons. The lowest BCUT2D eigenvalue weighted by Crippen LogP contribution is -2.38. The van der Waals surface area contributed by atoms with E-state index < -0.39 is 11.6 Å². The van der Waals surface area contributed by atoms with Crippen molar-refractivity contribution in [2.75, 3.05) is 0 Å². The molecule has 0 aliphatic heterocycles. The lowest BCUT2D eigenvalue weighted by atomic mass is 9.79. The summed E-state index contributed by atoms with van der Waals surface area (Å²) in [7, 11) is 0. The molecule has 0 aliphatic carbocycles. The van der Waals surface area contributed by atoms with Crippen LogP contribution in [0.3, 0.4) is 0 Å². The molecular weight excluding hydrogens is 208 g/mol. The molecule has 0 saturated carbocycles. The van der Waals surface area contributed by atoms with Crippen LogP contribution in [0, 0.1) is 17.0 Å². The van der Waals surface area contributed by atoms with E-state index in [-0.39, 0.29) is 11.5 Å². The molecule has 1 rings (SSSR count). The van der Waals surface area contributed by atoms with Gasteiger partial charge in [0.25, 0.3) is 0 Å². The smallest absolute Gasteiger partial charge is 0.129 e. The summed E-state index contributed by atoms with van der Waals surface area (Å²) in [6, 6.07) is 3.51. The van der Waals surface area contributed by atoms with E-state index in [4.69, 9.17) is 5.73 Å². The van der Waals surface area contributed by atoms with Gasteiger partial charge in [0.05, 0.1) is 0 Å². The number of hydrogen-bond acceptors (Lipinski definition) is 1. The molecular formula is C13H19F2N. The van der Waals surface area contributed by atoms with Gasteiger partial charge in [0, 0.05) is 12.1 Å². The molecule has 0 aromatic heterocycles. The Balaban J connectivity index is 2.81. The van der Waals surface area contributed by atoms with Crippen molar-refractivity contribution < 1.29 is 8.78 Å². The predicted molar refractivity (Wildman–Crippen MR) is 62.1 cm³/mol. The lowest BCUT2D eigenvalue weighted by molar-refractivity contribution is 0.271. The molecule has 0 fully saturated rings. The summed E-state index contributed by atoms with van der Waals surface area (Å²) in [5, 5.41) is 0. The first-order valence-corrected chi connectivity index (χ1v) is 5.56. The maximum atomic E-state index is 13.4. The lowest BCUT2D eigenvalue weighted by Gasteiger charge is -2.30. The van der Waals surface area contributed by atoms with Crippen molar-refractivity contribution in [3.63, 3.8) is 0 Å². The fourth-order valence-electron chi connectivity index (χ4n) is 1.46. The van der Waals surface area contributed by atoms with Gasteiger partial charge in [0.1, 0.15) is 11.6 Å². The Morgan fingerprint density at radius 2 is 1.94 bits per heavy atom. The van der Waals surface area contributed by atoms with Crippen molar-refractivity contribution in [2.45, 2.75) is 39.7 Å². The standard InChI is InChI=1S/C13H19F2N/c1-4-13(2,3)12(16)7-9-5-6-10(14)8-11(9)15/h5-6,8,12H,4,7,16H2,1-3H3. The molecule has 0 bridgehead atoms. The molecule has 0 aliphatic rings. The first kappa shape index (κ1) is 13.1. The molecule has 1 aromatic rings. The highest BCUT2D eigenvalue weighted by Crippen LogP contribution is 2.26. The third-order valence-electron chi connectivity index (χ3n) is 3.37. The second-order valence-electron chi connectivity index (χ2n) is 4.89. The van der Waals surface area contributed by atoms with Gasteiger partial charge in [-0.05, 0) is 29.9 Å². The maximum Gasteiger partial charge on any atom is 0.129 e. The number of halogens is 2. The van der Waals surface area contributed by atoms with Crippen LogP contribution in [0.25, 0.3) is 0 Å². The van der Waals surface area contributed by atoms with E-state index >= 15 is 0 Å². The number of rotatable bonds is 4. The number of nitrogens with two attached hydrogens (primary N) is 1. The highest BCUT2D eigenvalue weighted by Gasteiger charge is 2.25. The zero-order chi connectivity index (χ0) is 12.3. The quantitative estimate of drug-likeness (QED) is 0.839. The molecule has 0 amide bonds. The normalized spacial score (nSPS) is 13.9. The van der Waals surface area contributed by atoms with Crippen LogP contribution < -0.4 is 5.73 Å². The van der Waals surface area contributed by atoms with E-state index in [1.54, 1.807) is 0 Å². The molecule has 16 heavy (non-hydrogen) atoms. The Kier molecular flexibility index (Phi) is 4.03. The minimum absolute atomic E-state index is 0.0408. The van der Waals surface area contributed by atoms with Crippen LogP contribution in [0.15, 0.2) is 18.2 Å². The van der Waals surface area contributed by atoms with Gasteiger partial charge in [-0.25, -0.2) is 8.78 Å². The minimum Gasteiger partial charge on any atom is -0.327 e. The summed E-state index contributed by atoms with van der Waals surface area (Å²) in [5.74, 6) is -1.06. The van der Waals surface area contributed by atoms with E-state index in [9.17, 15) is 8.78 Å². The summed E-state index contributed by atoms with van der Waals surface area (Å²) in [6.45, 7) is 6.17. The topological polar surface area (TPSA) is 26.0 Å². The van der Waals surface area contributed by atoms with E-state index in [1.807, 2.05) is 0 Å². The summed E-state index contributed by atoms with van der Waals surface area (Å²) in [6.07, 6.45) is 1.37. The van der Waals surface area contributed by atoms with Gasteiger partial charge in [-0.15, -0.1) is 0 Å². The Morgan fingerprint density at radius 1 is 1.31 bits per heavy atom. The molecule has 0 radical (unpaired) electrons. The van der Waals surface area contributed by atoms with Crippen LogP contribution >= 0.6 is 0 Å². The predicted octanol–water partition coefficient (Wildman–Crippen LogP) is 3.27. The summed E-state index contributed by atoms with van der Waals surface area (Å²) in [5.41, 5.74) is 6.48. The van der Waals surface area contributed by atoms with Crippen LogP contribution in [0.5, 0.6) is 0 Å². The zero-order valence-corrected chi connectivity index (χ0v) is 10.1. The van der Waals surface area contributed by atoms with Crippen LogP contribution in [-0.4, -0.2) is 6.04 Å². The average Bonchev–Trinajstić information content (AvgIpc) is 2.22. The van der Waals surface area contributed by atoms with Gasteiger partial charge in [-0.2, -0.15) is 0 Å². The third-order valence-corrected chi connectivity index (χ3v) is 3.37. The molecule has 1 unspecified atom stereocenters. The molecule has 0 spiro atoms. The Bertz CT molecular complexity index is 361. The molecule has 1 aromatic carbocycles. The van der Waals surface area contributed by atoms with Gasteiger partial charge < -0.3 is 5.73 Å². The van der Waals surface area contributed by atoms with Crippen LogP contribution in [-0.2, 0) is 6.42 Å². The van der Waals surface area contributed by atoms with Crippen molar-refractivity contribution in [3.05, 3.63) is 35.4 Å². The van der Waals surface area contributed by atoms with Crippen molar-refractivity contribution in [2.24, 2.45) is 11.1 Å². The van der Waals surface area contributed by atoms with Gasteiger partial charge in [0.15, 0.2) is 0 Å². The van der Waals surface area contributed by atoms with E-state index in [1.165, 1.54) is 12.1 Å². The molecule has 3 heteroatoms. The van der Waals surface area contributed by atoms with Crippen molar-refractivity contribution >= 4 is 0 Å². The minimum atomic E-state index is -0.551. The van der Waals surface area contributed by atoms with Gasteiger partial charge in [-0.3, -0.25) is 0 Å². The Labute approximate surface area is 95.7 Å². The Morgan fingerprint density at radius 3 is 2.44 bits per heavy atom.